The maximum absolute atomic E-state index is 12.0. The van der Waals surface area contributed by atoms with Gasteiger partial charge in [-0.2, -0.15) is 0 Å². The minimum absolute atomic E-state index is 0.00456. The smallest absolute Gasteiger partial charge is 0.237 e. The first-order valence-electron chi connectivity index (χ1n) is 6.13. The van der Waals surface area contributed by atoms with E-state index >= 15 is 0 Å². The summed E-state index contributed by atoms with van der Waals surface area (Å²) < 4.78 is 0. The standard InChI is InChI=1S/C12H19N3OS/c1-8-7-14-12(17-8)9(2)15-11(16)10-5-3-4-6-13-10/h7,9-10,13H,3-6H2,1-2H3,(H,15,16)/t9?,10-/m0/s1. The van der Waals surface area contributed by atoms with Crippen LogP contribution in [0, 0.1) is 6.92 Å². The average molecular weight is 253 g/mol. The number of aryl methyl sites for hydroxylation is 1. The minimum atomic E-state index is -0.0211. The van der Waals surface area contributed by atoms with Crippen LogP contribution in [0.1, 0.15) is 42.1 Å². The van der Waals surface area contributed by atoms with E-state index in [1.807, 2.05) is 20.0 Å². The molecular weight excluding hydrogens is 234 g/mol. The molecule has 1 unspecified atom stereocenters. The number of carbonyl (C=O) groups excluding carboxylic acids is 1. The van der Waals surface area contributed by atoms with Crippen LogP contribution in [0.15, 0.2) is 6.20 Å². The Morgan fingerprint density at radius 3 is 3.06 bits per heavy atom. The normalized spacial score (nSPS) is 22.1. The summed E-state index contributed by atoms with van der Waals surface area (Å²) in [6, 6.07) is -0.0165. The van der Waals surface area contributed by atoms with Gasteiger partial charge < -0.3 is 10.6 Å². The van der Waals surface area contributed by atoms with Crippen molar-refractivity contribution in [2.45, 2.75) is 45.2 Å². The van der Waals surface area contributed by atoms with Gasteiger partial charge in [-0.05, 0) is 33.2 Å². The third kappa shape index (κ3) is 3.26. The van der Waals surface area contributed by atoms with E-state index in [-0.39, 0.29) is 18.0 Å². The van der Waals surface area contributed by atoms with Gasteiger partial charge in [0, 0.05) is 11.1 Å². The Labute approximate surface area is 106 Å². The Morgan fingerprint density at radius 1 is 1.65 bits per heavy atom. The van der Waals surface area contributed by atoms with Crippen molar-refractivity contribution in [2.75, 3.05) is 6.54 Å². The molecule has 2 heterocycles. The number of hydrogen-bond donors (Lipinski definition) is 2. The molecule has 0 spiro atoms. The Balaban J connectivity index is 1.89. The molecule has 0 bridgehead atoms. The van der Waals surface area contributed by atoms with Crippen LogP contribution in [0.4, 0.5) is 0 Å². The van der Waals surface area contributed by atoms with Crippen LogP contribution in [0.2, 0.25) is 0 Å². The zero-order chi connectivity index (χ0) is 12.3. The maximum Gasteiger partial charge on any atom is 0.237 e. The molecule has 2 atom stereocenters. The summed E-state index contributed by atoms with van der Waals surface area (Å²) in [6.45, 7) is 4.96. The molecule has 17 heavy (non-hydrogen) atoms. The molecule has 1 aliphatic heterocycles. The average Bonchev–Trinajstić information content (AvgIpc) is 2.77. The zero-order valence-corrected chi connectivity index (χ0v) is 11.1. The second kappa shape index (κ2) is 5.60. The van der Waals surface area contributed by atoms with Gasteiger partial charge in [0.05, 0.1) is 12.1 Å². The summed E-state index contributed by atoms with van der Waals surface area (Å²) in [6.07, 6.45) is 5.10. The van der Waals surface area contributed by atoms with Gasteiger partial charge in [-0.1, -0.05) is 6.42 Å². The highest BCUT2D eigenvalue weighted by atomic mass is 32.1. The summed E-state index contributed by atoms with van der Waals surface area (Å²) in [5.41, 5.74) is 0. The highest BCUT2D eigenvalue weighted by Gasteiger charge is 2.22. The number of nitrogens with zero attached hydrogens (tertiary/aromatic N) is 1. The zero-order valence-electron chi connectivity index (χ0n) is 10.3. The van der Waals surface area contributed by atoms with E-state index < -0.39 is 0 Å². The first kappa shape index (κ1) is 12.5. The topological polar surface area (TPSA) is 54.0 Å². The van der Waals surface area contributed by atoms with Gasteiger partial charge in [0.15, 0.2) is 0 Å². The van der Waals surface area contributed by atoms with Crippen LogP contribution in [0.5, 0.6) is 0 Å². The fraction of sp³-hybridized carbons (Fsp3) is 0.667. The maximum atomic E-state index is 12.0. The lowest BCUT2D eigenvalue weighted by Gasteiger charge is -2.24. The van der Waals surface area contributed by atoms with E-state index in [1.54, 1.807) is 11.3 Å². The second-order valence-corrected chi connectivity index (χ2v) is 5.81. The molecule has 0 saturated carbocycles. The van der Waals surface area contributed by atoms with E-state index in [0.29, 0.717) is 0 Å². The number of hydrogen-bond acceptors (Lipinski definition) is 4. The highest BCUT2D eigenvalue weighted by molar-refractivity contribution is 7.11. The molecule has 1 aromatic rings. The number of aromatic nitrogens is 1. The summed E-state index contributed by atoms with van der Waals surface area (Å²) in [5, 5.41) is 7.26. The number of carbonyl (C=O) groups is 1. The van der Waals surface area contributed by atoms with Crippen molar-refractivity contribution in [1.82, 2.24) is 15.6 Å². The molecule has 1 saturated heterocycles. The Bertz CT molecular complexity index is 385. The molecule has 2 N–H and O–H groups in total. The largest absolute Gasteiger partial charge is 0.346 e. The van der Waals surface area contributed by atoms with Crippen molar-refractivity contribution in [2.24, 2.45) is 0 Å². The van der Waals surface area contributed by atoms with Crippen LogP contribution >= 0.6 is 11.3 Å². The molecule has 1 fully saturated rings. The molecular formula is C12H19N3OS. The minimum Gasteiger partial charge on any atom is -0.346 e. The Morgan fingerprint density at radius 2 is 2.47 bits per heavy atom. The summed E-state index contributed by atoms with van der Waals surface area (Å²) in [5.74, 6) is 0.102. The van der Waals surface area contributed by atoms with Gasteiger partial charge in [-0.3, -0.25) is 4.79 Å². The van der Waals surface area contributed by atoms with Crippen LogP contribution in [0.25, 0.3) is 0 Å². The number of thiazole rings is 1. The molecule has 2 rings (SSSR count). The lowest BCUT2D eigenvalue weighted by molar-refractivity contribution is -0.124. The van der Waals surface area contributed by atoms with Crippen LogP contribution in [-0.2, 0) is 4.79 Å². The summed E-state index contributed by atoms with van der Waals surface area (Å²) in [4.78, 5) is 17.5. The first-order chi connectivity index (χ1) is 8.16. The van der Waals surface area contributed by atoms with Crippen molar-refractivity contribution in [3.8, 4) is 0 Å². The SMILES string of the molecule is Cc1cnc(C(C)NC(=O)[C@@H]2CCCCN2)s1. The predicted octanol–water partition coefficient (Wildman–Crippen LogP) is 1.77. The molecule has 1 amide bonds. The summed E-state index contributed by atoms with van der Waals surface area (Å²) in [7, 11) is 0. The van der Waals surface area contributed by atoms with Crippen molar-refractivity contribution in [3.63, 3.8) is 0 Å². The van der Waals surface area contributed by atoms with Gasteiger partial charge in [-0.15, -0.1) is 11.3 Å². The second-order valence-electron chi connectivity index (χ2n) is 4.54. The molecule has 1 aliphatic rings. The van der Waals surface area contributed by atoms with Gasteiger partial charge >= 0.3 is 0 Å². The fourth-order valence-corrected chi connectivity index (χ4v) is 2.80. The molecule has 5 heteroatoms. The first-order valence-corrected chi connectivity index (χ1v) is 6.94. The predicted molar refractivity (Wildman–Crippen MR) is 69.1 cm³/mol. The third-order valence-corrected chi connectivity index (χ3v) is 4.09. The molecule has 1 aromatic heterocycles. The van der Waals surface area contributed by atoms with Crippen molar-refractivity contribution in [3.05, 3.63) is 16.1 Å². The summed E-state index contributed by atoms with van der Waals surface area (Å²) >= 11 is 1.64. The van der Waals surface area contributed by atoms with Crippen LogP contribution in [0.3, 0.4) is 0 Å². The number of nitrogens with one attached hydrogen (secondary N) is 2. The van der Waals surface area contributed by atoms with Gasteiger partial charge in [0.1, 0.15) is 5.01 Å². The molecule has 0 aromatic carbocycles. The molecule has 0 radical (unpaired) electrons. The van der Waals surface area contributed by atoms with Crippen LogP contribution < -0.4 is 10.6 Å². The Hall–Kier alpha value is -0.940. The van der Waals surface area contributed by atoms with Crippen molar-refractivity contribution in [1.29, 1.82) is 0 Å². The number of piperidine rings is 1. The monoisotopic (exact) mass is 253 g/mol. The van der Waals surface area contributed by atoms with Crippen LogP contribution in [-0.4, -0.2) is 23.5 Å². The number of rotatable bonds is 3. The van der Waals surface area contributed by atoms with Crippen molar-refractivity contribution >= 4 is 17.2 Å². The quantitative estimate of drug-likeness (QED) is 0.863. The van der Waals surface area contributed by atoms with Gasteiger partial charge in [-0.25, -0.2) is 4.98 Å². The lowest BCUT2D eigenvalue weighted by atomic mass is 10.0. The molecule has 0 aliphatic carbocycles. The number of amides is 1. The van der Waals surface area contributed by atoms with E-state index in [4.69, 9.17) is 0 Å². The fourth-order valence-electron chi connectivity index (χ4n) is 2.02. The van der Waals surface area contributed by atoms with E-state index in [0.717, 1.165) is 24.4 Å². The van der Waals surface area contributed by atoms with Gasteiger partial charge in [0.25, 0.3) is 0 Å². The third-order valence-electron chi connectivity index (χ3n) is 3.00. The lowest BCUT2D eigenvalue weighted by Crippen LogP contribution is -2.47. The molecule has 94 valence electrons. The van der Waals surface area contributed by atoms with E-state index in [1.165, 1.54) is 11.3 Å². The molecule has 4 nitrogen and oxygen atoms in total. The van der Waals surface area contributed by atoms with E-state index in [2.05, 4.69) is 15.6 Å². The highest BCUT2D eigenvalue weighted by Crippen LogP contribution is 2.19. The van der Waals surface area contributed by atoms with E-state index in [9.17, 15) is 4.79 Å². The van der Waals surface area contributed by atoms with Gasteiger partial charge in [0.2, 0.25) is 5.91 Å². The Kier molecular flexibility index (Phi) is 4.12. The van der Waals surface area contributed by atoms with Crippen molar-refractivity contribution < 1.29 is 4.79 Å².